The fourth-order valence-corrected chi connectivity index (χ4v) is 4.03. The molecule has 1 aromatic heterocycles. The number of fused-ring (bicyclic) bond motifs is 1. The summed E-state index contributed by atoms with van der Waals surface area (Å²) in [6.07, 6.45) is 3.62. The summed E-state index contributed by atoms with van der Waals surface area (Å²) in [5.74, 6) is -0.0899. The standard InChI is InChI=1S/C15H17ClN2OS/c1-15(6-3-7-15)8-18-14(19)13-12(17)11-9(16)4-2-5-10(11)20-13/h2,4-5H,3,6-8,17H2,1H3,(H,18,19). The Bertz CT molecular complexity index is 676. The van der Waals surface area contributed by atoms with Crippen molar-refractivity contribution in [2.24, 2.45) is 5.41 Å². The Labute approximate surface area is 127 Å². The highest BCUT2D eigenvalue weighted by atomic mass is 35.5. The van der Waals surface area contributed by atoms with Gasteiger partial charge in [0.25, 0.3) is 5.91 Å². The van der Waals surface area contributed by atoms with E-state index in [9.17, 15) is 4.79 Å². The number of carbonyl (C=O) groups excluding carboxylic acids is 1. The maximum atomic E-state index is 12.3. The van der Waals surface area contributed by atoms with Gasteiger partial charge in [-0.05, 0) is 30.4 Å². The van der Waals surface area contributed by atoms with Crippen molar-refractivity contribution in [1.29, 1.82) is 0 Å². The van der Waals surface area contributed by atoms with E-state index >= 15 is 0 Å². The first kappa shape index (κ1) is 13.7. The highest BCUT2D eigenvalue weighted by Gasteiger charge is 2.32. The van der Waals surface area contributed by atoms with Crippen LogP contribution in [-0.2, 0) is 0 Å². The number of hydrogen-bond acceptors (Lipinski definition) is 3. The van der Waals surface area contributed by atoms with E-state index in [1.165, 1.54) is 30.6 Å². The number of nitrogens with one attached hydrogen (secondary N) is 1. The van der Waals surface area contributed by atoms with E-state index in [-0.39, 0.29) is 11.3 Å². The Morgan fingerprint density at radius 1 is 1.50 bits per heavy atom. The lowest BCUT2D eigenvalue weighted by molar-refractivity contribution is 0.0895. The lowest BCUT2D eigenvalue weighted by Crippen LogP contribution is -2.39. The van der Waals surface area contributed by atoms with Crippen molar-refractivity contribution in [1.82, 2.24) is 5.32 Å². The Kier molecular flexibility index (Phi) is 3.38. The SMILES string of the molecule is CC1(CNC(=O)c2sc3cccc(Cl)c3c2N)CCC1. The molecule has 0 saturated heterocycles. The van der Waals surface area contributed by atoms with Gasteiger partial charge in [0.1, 0.15) is 4.88 Å². The van der Waals surface area contributed by atoms with Gasteiger partial charge in [0.15, 0.2) is 0 Å². The van der Waals surface area contributed by atoms with Crippen LogP contribution in [0.1, 0.15) is 35.9 Å². The number of rotatable bonds is 3. The number of nitrogen functional groups attached to an aromatic ring is 1. The molecule has 1 aliphatic carbocycles. The summed E-state index contributed by atoms with van der Waals surface area (Å²) in [6, 6.07) is 5.61. The monoisotopic (exact) mass is 308 g/mol. The predicted octanol–water partition coefficient (Wildman–Crippen LogP) is 4.06. The van der Waals surface area contributed by atoms with Crippen molar-refractivity contribution >= 4 is 44.6 Å². The molecule has 106 valence electrons. The Hall–Kier alpha value is -1.26. The maximum Gasteiger partial charge on any atom is 0.263 e. The number of halogens is 1. The quantitative estimate of drug-likeness (QED) is 0.898. The van der Waals surface area contributed by atoms with Crippen LogP contribution < -0.4 is 11.1 Å². The molecule has 0 bridgehead atoms. The van der Waals surface area contributed by atoms with Crippen LogP contribution in [0.4, 0.5) is 5.69 Å². The van der Waals surface area contributed by atoms with Crippen molar-refractivity contribution in [2.45, 2.75) is 26.2 Å². The molecule has 0 atom stereocenters. The van der Waals surface area contributed by atoms with Crippen molar-refractivity contribution in [3.8, 4) is 0 Å². The van der Waals surface area contributed by atoms with E-state index in [0.29, 0.717) is 22.1 Å². The summed E-state index contributed by atoms with van der Waals surface area (Å²) in [5, 5.41) is 4.40. The van der Waals surface area contributed by atoms with Crippen LogP contribution in [0.5, 0.6) is 0 Å². The molecule has 0 spiro atoms. The van der Waals surface area contributed by atoms with E-state index in [1.54, 1.807) is 6.07 Å². The fraction of sp³-hybridized carbons (Fsp3) is 0.400. The van der Waals surface area contributed by atoms with E-state index in [4.69, 9.17) is 17.3 Å². The molecule has 0 aliphatic heterocycles. The summed E-state index contributed by atoms with van der Waals surface area (Å²) in [6.45, 7) is 2.93. The Balaban J connectivity index is 1.84. The van der Waals surface area contributed by atoms with Gasteiger partial charge in [-0.1, -0.05) is 31.0 Å². The molecule has 1 aromatic carbocycles. The van der Waals surface area contributed by atoms with Crippen molar-refractivity contribution < 1.29 is 4.79 Å². The molecule has 3 nitrogen and oxygen atoms in total. The number of carbonyl (C=O) groups is 1. The molecular formula is C15H17ClN2OS. The molecule has 5 heteroatoms. The van der Waals surface area contributed by atoms with Gasteiger partial charge < -0.3 is 11.1 Å². The third kappa shape index (κ3) is 2.27. The zero-order chi connectivity index (χ0) is 14.3. The van der Waals surface area contributed by atoms with Gasteiger partial charge in [-0.15, -0.1) is 11.3 Å². The first-order chi connectivity index (χ1) is 9.50. The number of nitrogens with two attached hydrogens (primary N) is 1. The predicted molar refractivity (Wildman–Crippen MR) is 85.5 cm³/mol. The first-order valence-electron chi connectivity index (χ1n) is 6.75. The van der Waals surface area contributed by atoms with Gasteiger partial charge in [0.05, 0.1) is 10.7 Å². The average molecular weight is 309 g/mol. The van der Waals surface area contributed by atoms with Crippen molar-refractivity contribution in [3.05, 3.63) is 28.1 Å². The number of amides is 1. The third-order valence-electron chi connectivity index (χ3n) is 4.14. The first-order valence-corrected chi connectivity index (χ1v) is 7.94. The normalized spacial score (nSPS) is 16.9. The smallest absolute Gasteiger partial charge is 0.263 e. The summed E-state index contributed by atoms with van der Waals surface area (Å²) in [7, 11) is 0. The largest absolute Gasteiger partial charge is 0.397 e. The van der Waals surface area contributed by atoms with Gasteiger partial charge in [0.2, 0.25) is 0 Å². The van der Waals surface area contributed by atoms with Crippen LogP contribution in [0.2, 0.25) is 5.02 Å². The van der Waals surface area contributed by atoms with Crippen LogP contribution in [0.3, 0.4) is 0 Å². The number of thiophene rings is 1. The molecule has 1 heterocycles. The highest BCUT2D eigenvalue weighted by Crippen LogP contribution is 2.40. The molecular weight excluding hydrogens is 292 g/mol. The second-order valence-electron chi connectivity index (χ2n) is 5.80. The van der Waals surface area contributed by atoms with Crippen molar-refractivity contribution in [2.75, 3.05) is 12.3 Å². The second kappa shape index (κ2) is 4.93. The molecule has 3 rings (SSSR count). The number of benzene rings is 1. The van der Waals surface area contributed by atoms with Crippen LogP contribution in [0.15, 0.2) is 18.2 Å². The van der Waals surface area contributed by atoms with Gasteiger partial charge in [0, 0.05) is 16.6 Å². The van der Waals surface area contributed by atoms with E-state index < -0.39 is 0 Å². The average Bonchev–Trinajstić information content (AvgIpc) is 2.72. The van der Waals surface area contributed by atoms with E-state index in [0.717, 1.165) is 10.1 Å². The molecule has 0 radical (unpaired) electrons. The van der Waals surface area contributed by atoms with Gasteiger partial charge in [-0.25, -0.2) is 0 Å². The lowest BCUT2D eigenvalue weighted by atomic mass is 9.70. The minimum atomic E-state index is -0.0899. The van der Waals surface area contributed by atoms with Gasteiger partial charge in [-0.2, -0.15) is 0 Å². The zero-order valence-corrected chi connectivity index (χ0v) is 12.9. The Morgan fingerprint density at radius 2 is 2.25 bits per heavy atom. The molecule has 20 heavy (non-hydrogen) atoms. The van der Waals surface area contributed by atoms with E-state index in [2.05, 4.69) is 12.2 Å². The molecule has 0 unspecified atom stereocenters. The molecule has 1 saturated carbocycles. The highest BCUT2D eigenvalue weighted by molar-refractivity contribution is 7.21. The second-order valence-corrected chi connectivity index (χ2v) is 7.26. The number of hydrogen-bond donors (Lipinski definition) is 2. The van der Waals surface area contributed by atoms with Crippen LogP contribution >= 0.6 is 22.9 Å². The third-order valence-corrected chi connectivity index (χ3v) is 5.63. The van der Waals surface area contributed by atoms with Gasteiger partial charge in [-0.3, -0.25) is 4.79 Å². The minimum Gasteiger partial charge on any atom is -0.397 e. The summed E-state index contributed by atoms with van der Waals surface area (Å²) >= 11 is 7.56. The lowest BCUT2D eigenvalue weighted by Gasteiger charge is -2.38. The minimum absolute atomic E-state index is 0.0899. The zero-order valence-electron chi connectivity index (χ0n) is 11.3. The summed E-state index contributed by atoms with van der Waals surface area (Å²) in [5.41, 5.74) is 6.85. The Morgan fingerprint density at radius 3 is 2.85 bits per heavy atom. The maximum absolute atomic E-state index is 12.3. The molecule has 2 aromatic rings. The summed E-state index contributed by atoms with van der Waals surface area (Å²) < 4.78 is 0.954. The molecule has 1 aliphatic rings. The van der Waals surface area contributed by atoms with Crippen LogP contribution in [-0.4, -0.2) is 12.5 Å². The summed E-state index contributed by atoms with van der Waals surface area (Å²) in [4.78, 5) is 12.9. The van der Waals surface area contributed by atoms with Crippen molar-refractivity contribution in [3.63, 3.8) is 0 Å². The fourth-order valence-electron chi connectivity index (χ4n) is 2.63. The van der Waals surface area contributed by atoms with Crippen LogP contribution in [0, 0.1) is 5.41 Å². The van der Waals surface area contributed by atoms with E-state index in [1.807, 2.05) is 12.1 Å². The molecule has 1 amide bonds. The van der Waals surface area contributed by atoms with Gasteiger partial charge >= 0.3 is 0 Å². The van der Waals surface area contributed by atoms with Crippen LogP contribution in [0.25, 0.3) is 10.1 Å². The molecule has 3 N–H and O–H groups in total. The molecule has 1 fully saturated rings. The topological polar surface area (TPSA) is 55.1 Å². The number of anilines is 1.